The molecule has 0 saturated carbocycles. The Hall–Kier alpha value is -0.300. The van der Waals surface area contributed by atoms with Crippen molar-refractivity contribution in [3.05, 3.63) is 12.7 Å². The van der Waals surface area contributed by atoms with E-state index in [0.717, 1.165) is 19.3 Å². The number of hydrogen-bond acceptors (Lipinski definition) is 1. The number of aliphatic hydroxyl groups excluding tert-OH is 1. The van der Waals surface area contributed by atoms with E-state index in [0.29, 0.717) is 0 Å². The Labute approximate surface area is 89.2 Å². The normalized spacial score (nSPS) is 12.7. The van der Waals surface area contributed by atoms with Crippen LogP contribution in [0.4, 0.5) is 0 Å². The maximum atomic E-state index is 9.32. The van der Waals surface area contributed by atoms with Crippen LogP contribution >= 0.6 is 0 Å². The standard InChI is InChI=1S/C13H26O/c1-3-5-6-7-8-9-10-11-12-13(14)4-2/h3,13-14H,1,4-12H2,2H3/t13-/m1/s1. The van der Waals surface area contributed by atoms with Crippen molar-refractivity contribution in [2.24, 2.45) is 0 Å². The van der Waals surface area contributed by atoms with Gasteiger partial charge in [0.25, 0.3) is 0 Å². The second kappa shape index (κ2) is 10.8. The van der Waals surface area contributed by atoms with Gasteiger partial charge in [-0.15, -0.1) is 6.58 Å². The third kappa shape index (κ3) is 9.79. The third-order valence-corrected chi connectivity index (χ3v) is 2.67. The van der Waals surface area contributed by atoms with Gasteiger partial charge in [-0.1, -0.05) is 45.1 Å². The molecule has 1 nitrogen and oxygen atoms in total. The van der Waals surface area contributed by atoms with Crippen LogP contribution in [0.3, 0.4) is 0 Å². The second-order valence-corrected chi connectivity index (χ2v) is 4.05. The first-order valence-corrected chi connectivity index (χ1v) is 6.10. The Morgan fingerprint density at radius 3 is 2.21 bits per heavy atom. The van der Waals surface area contributed by atoms with Crippen molar-refractivity contribution in [2.75, 3.05) is 0 Å². The summed E-state index contributed by atoms with van der Waals surface area (Å²) in [6.45, 7) is 5.75. The van der Waals surface area contributed by atoms with Crippen LogP contribution < -0.4 is 0 Å². The average molecular weight is 198 g/mol. The van der Waals surface area contributed by atoms with E-state index in [4.69, 9.17) is 0 Å². The molecule has 0 aliphatic rings. The van der Waals surface area contributed by atoms with E-state index in [9.17, 15) is 5.11 Å². The van der Waals surface area contributed by atoms with Crippen LogP contribution in [0.1, 0.15) is 64.7 Å². The summed E-state index contributed by atoms with van der Waals surface area (Å²) >= 11 is 0. The van der Waals surface area contributed by atoms with Crippen LogP contribution in [-0.4, -0.2) is 11.2 Å². The zero-order valence-corrected chi connectivity index (χ0v) is 9.67. The molecule has 1 N–H and O–H groups in total. The highest BCUT2D eigenvalue weighted by Gasteiger charge is 1.99. The lowest BCUT2D eigenvalue weighted by molar-refractivity contribution is 0.156. The summed E-state index contributed by atoms with van der Waals surface area (Å²) in [6.07, 6.45) is 12.8. The molecule has 0 aliphatic carbocycles. The molecule has 14 heavy (non-hydrogen) atoms. The minimum Gasteiger partial charge on any atom is -0.393 e. The summed E-state index contributed by atoms with van der Waals surface area (Å²) in [5, 5.41) is 9.32. The highest BCUT2D eigenvalue weighted by Crippen LogP contribution is 2.10. The second-order valence-electron chi connectivity index (χ2n) is 4.05. The van der Waals surface area contributed by atoms with Gasteiger partial charge in [0, 0.05) is 0 Å². The third-order valence-electron chi connectivity index (χ3n) is 2.67. The topological polar surface area (TPSA) is 20.2 Å². The molecule has 0 bridgehead atoms. The molecular formula is C13H26O. The zero-order chi connectivity index (χ0) is 10.6. The van der Waals surface area contributed by atoms with Gasteiger partial charge in [-0.2, -0.15) is 0 Å². The predicted molar refractivity (Wildman–Crippen MR) is 63.4 cm³/mol. The van der Waals surface area contributed by atoms with Gasteiger partial charge in [0.05, 0.1) is 6.10 Å². The molecule has 0 fully saturated rings. The van der Waals surface area contributed by atoms with Crippen molar-refractivity contribution in [2.45, 2.75) is 70.8 Å². The molecule has 0 amide bonds. The summed E-state index contributed by atoms with van der Waals surface area (Å²) in [5.74, 6) is 0. The first-order valence-electron chi connectivity index (χ1n) is 6.10. The van der Waals surface area contributed by atoms with Crippen LogP contribution in [0.15, 0.2) is 12.7 Å². The van der Waals surface area contributed by atoms with E-state index in [1.165, 1.54) is 38.5 Å². The molecular weight excluding hydrogens is 172 g/mol. The van der Waals surface area contributed by atoms with Crippen molar-refractivity contribution in [3.8, 4) is 0 Å². The molecule has 0 heterocycles. The van der Waals surface area contributed by atoms with Crippen molar-refractivity contribution in [1.82, 2.24) is 0 Å². The largest absolute Gasteiger partial charge is 0.393 e. The van der Waals surface area contributed by atoms with E-state index >= 15 is 0 Å². The molecule has 1 atom stereocenters. The van der Waals surface area contributed by atoms with Crippen molar-refractivity contribution < 1.29 is 5.11 Å². The predicted octanol–water partition coefficient (Wildman–Crippen LogP) is 4.06. The number of hydrogen-bond donors (Lipinski definition) is 1. The maximum Gasteiger partial charge on any atom is 0.0537 e. The minimum absolute atomic E-state index is 0.0595. The smallest absolute Gasteiger partial charge is 0.0537 e. The van der Waals surface area contributed by atoms with Gasteiger partial charge in [0.2, 0.25) is 0 Å². The van der Waals surface area contributed by atoms with Crippen LogP contribution in [0.25, 0.3) is 0 Å². The molecule has 0 aromatic carbocycles. The van der Waals surface area contributed by atoms with Crippen LogP contribution in [0.2, 0.25) is 0 Å². The number of aliphatic hydroxyl groups is 1. The van der Waals surface area contributed by atoms with Gasteiger partial charge in [0.15, 0.2) is 0 Å². The highest BCUT2D eigenvalue weighted by molar-refractivity contribution is 4.65. The number of rotatable bonds is 10. The Morgan fingerprint density at radius 1 is 1.07 bits per heavy atom. The SMILES string of the molecule is C=CCCCCCCCC[C@H](O)CC. The molecule has 0 unspecified atom stereocenters. The molecule has 0 rings (SSSR count). The lowest BCUT2D eigenvalue weighted by Crippen LogP contribution is -2.03. The Morgan fingerprint density at radius 2 is 1.64 bits per heavy atom. The van der Waals surface area contributed by atoms with Crippen LogP contribution in [0.5, 0.6) is 0 Å². The van der Waals surface area contributed by atoms with Gasteiger partial charge in [-0.25, -0.2) is 0 Å². The molecule has 0 aliphatic heterocycles. The first kappa shape index (κ1) is 13.7. The van der Waals surface area contributed by atoms with Crippen molar-refractivity contribution in [1.29, 1.82) is 0 Å². The summed E-state index contributed by atoms with van der Waals surface area (Å²) in [7, 11) is 0. The summed E-state index contributed by atoms with van der Waals surface area (Å²) in [4.78, 5) is 0. The monoisotopic (exact) mass is 198 g/mol. The molecule has 0 aromatic rings. The Kier molecular flexibility index (Phi) is 10.5. The van der Waals surface area contributed by atoms with Gasteiger partial charge in [-0.3, -0.25) is 0 Å². The fraction of sp³-hybridized carbons (Fsp3) is 0.846. The van der Waals surface area contributed by atoms with Gasteiger partial charge in [0.1, 0.15) is 0 Å². The lowest BCUT2D eigenvalue weighted by atomic mass is 10.1. The van der Waals surface area contributed by atoms with Crippen molar-refractivity contribution in [3.63, 3.8) is 0 Å². The quantitative estimate of drug-likeness (QED) is 0.414. The highest BCUT2D eigenvalue weighted by atomic mass is 16.3. The van der Waals surface area contributed by atoms with Crippen LogP contribution in [0, 0.1) is 0 Å². The number of allylic oxidation sites excluding steroid dienone is 1. The molecule has 1 heteroatoms. The first-order chi connectivity index (χ1) is 6.81. The maximum absolute atomic E-state index is 9.32. The summed E-state index contributed by atoms with van der Waals surface area (Å²) in [5.41, 5.74) is 0. The number of unbranched alkanes of at least 4 members (excludes halogenated alkanes) is 6. The Balaban J connectivity index is 2.95. The van der Waals surface area contributed by atoms with Gasteiger partial charge in [-0.05, 0) is 25.7 Å². The van der Waals surface area contributed by atoms with Gasteiger partial charge < -0.3 is 5.11 Å². The van der Waals surface area contributed by atoms with Crippen molar-refractivity contribution >= 4 is 0 Å². The van der Waals surface area contributed by atoms with E-state index < -0.39 is 0 Å². The van der Waals surface area contributed by atoms with Gasteiger partial charge >= 0.3 is 0 Å². The van der Waals surface area contributed by atoms with E-state index in [-0.39, 0.29) is 6.10 Å². The van der Waals surface area contributed by atoms with E-state index in [1.807, 2.05) is 13.0 Å². The molecule has 0 saturated heterocycles. The summed E-state index contributed by atoms with van der Waals surface area (Å²) in [6, 6.07) is 0. The fourth-order valence-corrected chi connectivity index (χ4v) is 1.58. The van der Waals surface area contributed by atoms with Crippen LogP contribution in [-0.2, 0) is 0 Å². The average Bonchev–Trinajstić information content (AvgIpc) is 2.21. The Bertz CT molecular complexity index is 120. The zero-order valence-electron chi connectivity index (χ0n) is 9.67. The van der Waals surface area contributed by atoms with E-state index in [1.54, 1.807) is 0 Å². The molecule has 0 radical (unpaired) electrons. The molecule has 0 aromatic heterocycles. The van der Waals surface area contributed by atoms with E-state index in [2.05, 4.69) is 6.58 Å². The fourth-order valence-electron chi connectivity index (χ4n) is 1.58. The minimum atomic E-state index is -0.0595. The molecule has 84 valence electrons. The molecule has 0 spiro atoms. The summed E-state index contributed by atoms with van der Waals surface area (Å²) < 4.78 is 0. The lowest BCUT2D eigenvalue weighted by Gasteiger charge is -2.06.